The highest BCUT2D eigenvalue weighted by Gasteiger charge is 2.31. The largest absolute Gasteiger partial charge is 0.396 e. The maximum Gasteiger partial charge on any atom is 0.280 e. The van der Waals surface area contributed by atoms with Gasteiger partial charge in [0.25, 0.3) is 5.91 Å². The Balaban J connectivity index is 1.53. The highest BCUT2D eigenvalue weighted by atomic mass is 32.2. The number of rotatable bonds is 13. The summed E-state index contributed by atoms with van der Waals surface area (Å²) in [6.07, 6.45) is 0.788. The van der Waals surface area contributed by atoms with Crippen LogP contribution in [0.2, 0.25) is 0 Å². The minimum absolute atomic E-state index is 0.0533. The van der Waals surface area contributed by atoms with Gasteiger partial charge in [0.2, 0.25) is 0 Å². The van der Waals surface area contributed by atoms with E-state index in [-0.39, 0.29) is 30.4 Å². The van der Waals surface area contributed by atoms with Gasteiger partial charge in [-0.25, -0.2) is 18.4 Å². The Labute approximate surface area is 237 Å². The van der Waals surface area contributed by atoms with Crippen LogP contribution in [0.1, 0.15) is 18.4 Å². The first-order chi connectivity index (χ1) is 19.2. The van der Waals surface area contributed by atoms with Crippen molar-refractivity contribution in [1.29, 1.82) is 0 Å². The van der Waals surface area contributed by atoms with Crippen LogP contribution in [0.3, 0.4) is 0 Å². The molecular formula is C26H34N6O6S2. The molecule has 2 N–H and O–H groups in total. The third-order valence-electron chi connectivity index (χ3n) is 6.28. The molecule has 2 aromatic heterocycles. The van der Waals surface area contributed by atoms with Crippen LogP contribution in [0.4, 0.5) is 10.9 Å². The average molecular weight is 591 g/mol. The zero-order valence-electron chi connectivity index (χ0n) is 22.7. The molecule has 14 heteroatoms. The molecule has 1 amide bonds. The van der Waals surface area contributed by atoms with E-state index in [1.54, 1.807) is 0 Å². The van der Waals surface area contributed by atoms with E-state index < -0.39 is 21.0 Å². The summed E-state index contributed by atoms with van der Waals surface area (Å²) in [4.78, 5) is 32.7. The fourth-order valence-corrected chi connectivity index (χ4v) is 6.32. The predicted octanol–water partition coefficient (Wildman–Crippen LogP) is 1.99. The second-order valence-corrected chi connectivity index (χ2v) is 12.8. The van der Waals surface area contributed by atoms with Gasteiger partial charge >= 0.3 is 0 Å². The molecule has 3 heterocycles. The summed E-state index contributed by atoms with van der Waals surface area (Å²) in [6, 6.07) is 9.69. The normalized spacial score (nSPS) is 16.0. The second-order valence-electron chi connectivity index (χ2n) is 9.60. The van der Waals surface area contributed by atoms with Gasteiger partial charge in [-0.05, 0) is 44.8 Å². The first-order valence-electron chi connectivity index (χ1n) is 12.9. The molecule has 1 aliphatic heterocycles. The molecule has 1 atom stereocenters. The molecular weight excluding hydrogens is 556 g/mol. The molecule has 1 fully saturated rings. The number of aliphatic hydroxyl groups is 1. The van der Waals surface area contributed by atoms with E-state index in [2.05, 4.69) is 30.2 Å². The van der Waals surface area contributed by atoms with Gasteiger partial charge < -0.3 is 24.5 Å². The minimum atomic E-state index is -3.55. The third kappa shape index (κ3) is 7.31. The maximum absolute atomic E-state index is 13.3. The number of benzene rings is 1. The van der Waals surface area contributed by atoms with Gasteiger partial charge in [-0.15, -0.1) is 0 Å². The number of ether oxygens (including phenoxy) is 1. The average Bonchev–Trinajstić information content (AvgIpc) is 3.62. The molecule has 12 nitrogen and oxygen atoms in total. The number of fused-ring (bicyclic) bond motifs is 1. The lowest BCUT2D eigenvalue weighted by atomic mass is 10.1. The van der Waals surface area contributed by atoms with Crippen molar-refractivity contribution in [3.63, 3.8) is 0 Å². The van der Waals surface area contributed by atoms with E-state index in [9.17, 15) is 13.2 Å². The molecule has 0 unspecified atom stereocenters. The number of hydrogen-bond acceptors (Lipinski definition) is 12. The molecule has 0 radical (unpaired) electrons. The number of likely N-dealkylation sites (N-methyl/N-ethyl adjacent to an activating group) is 2. The topological polar surface area (TPSA) is 147 Å². The SMILES string of the molecule is CN(C)CCN(C)c1ccc2nc(NC(=O)C(=NOCCCO)c3ccc(S(=O)(=O)[C@H]4CCOC4)cc3)sc2n1. The molecule has 1 saturated heterocycles. The van der Waals surface area contributed by atoms with Crippen molar-refractivity contribution in [3.05, 3.63) is 42.0 Å². The van der Waals surface area contributed by atoms with Crippen LogP contribution in [0.15, 0.2) is 46.4 Å². The summed E-state index contributed by atoms with van der Waals surface area (Å²) in [5.74, 6) is 0.223. The predicted molar refractivity (Wildman–Crippen MR) is 155 cm³/mol. The summed E-state index contributed by atoms with van der Waals surface area (Å²) < 4.78 is 31.0. The molecule has 216 valence electrons. The molecule has 1 aliphatic rings. The number of thiazole rings is 1. The van der Waals surface area contributed by atoms with E-state index >= 15 is 0 Å². The van der Waals surface area contributed by atoms with E-state index in [0.29, 0.717) is 40.5 Å². The van der Waals surface area contributed by atoms with Gasteiger partial charge in [0.05, 0.1) is 16.8 Å². The number of sulfone groups is 1. The lowest BCUT2D eigenvalue weighted by molar-refractivity contribution is -0.110. The number of nitrogens with one attached hydrogen (secondary N) is 1. The number of amides is 1. The number of aliphatic hydroxyl groups excluding tert-OH is 1. The van der Waals surface area contributed by atoms with Crippen molar-refractivity contribution >= 4 is 54.1 Å². The van der Waals surface area contributed by atoms with E-state index in [1.807, 2.05) is 33.3 Å². The Kier molecular flexibility index (Phi) is 10.0. The van der Waals surface area contributed by atoms with Crippen LogP contribution < -0.4 is 10.2 Å². The van der Waals surface area contributed by atoms with Crippen LogP contribution in [0.5, 0.6) is 0 Å². The quantitative estimate of drug-likeness (QED) is 0.172. The van der Waals surface area contributed by atoms with Crippen molar-refractivity contribution in [3.8, 4) is 0 Å². The fourth-order valence-electron chi connectivity index (χ4n) is 3.91. The Morgan fingerprint density at radius 3 is 2.62 bits per heavy atom. The fraction of sp³-hybridized carbons (Fsp3) is 0.462. The Hall–Kier alpha value is -3.17. The van der Waals surface area contributed by atoms with Crippen LogP contribution in [0.25, 0.3) is 10.3 Å². The monoisotopic (exact) mass is 590 g/mol. The lowest BCUT2D eigenvalue weighted by Crippen LogP contribution is -2.28. The molecule has 0 aliphatic carbocycles. The standard InChI is InChI=1S/C26H34N6O6S2/c1-31(2)12-13-32(3)22-10-9-21-25(28-22)39-26(27-21)29-24(34)23(30-38-15-4-14-33)18-5-7-19(8-6-18)40(35,36)20-11-16-37-17-20/h5-10,20,33H,4,11-17H2,1-3H3,(H,27,29,34)/t20-/m0/s1. The summed E-state index contributed by atoms with van der Waals surface area (Å²) in [6.45, 7) is 2.29. The maximum atomic E-state index is 13.3. The highest BCUT2D eigenvalue weighted by molar-refractivity contribution is 7.92. The van der Waals surface area contributed by atoms with Crippen LogP contribution in [0, 0.1) is 0 Å². The molecule has 1 aromatic carbocycles. The highest BCUT2D eigenvalue weighted by Crippen LogP contribution is 2.27. The second kappa shape index (κ2) is 13.5. The molecule has 40 heavy (non-hydrogen) atoms. The van der Waals surface area contributed by atoms with Gasteiger partial charge in [-0.2, -0.15) is 0 Å². The lowest BCUT2D eigenvalue weighted by Gasteiger charge is -2.20. The van der Waals surface area contributed by atoms with Crippen LogP contribution >= 0.6 is 11.3 Å². The zero-order valence-corrected chi connectivity index (χ0v) is 24.4. The van der Waals surface area contributed by atoms with Crippen LogP contribution in [-0.2, 0) is 24.2 Å². The molecule has 0 bridgehead atoms. The van der Waals surface area contributed by atoms with Crippen molar-refractivity contribution in [2.24, 2.45) is 5.16 Å². The summed E-state index contributed by atoms with van der Waals surface area (Å²) in [5.41, 5.74) is 0.961. The molecule has 3 aromatic rings. The molecule has 4 rings (SSSR count). The van der Waals surface area contributed by atoms with Crippen molar-refractivity contribution in [2.45, 2.75) is 23.0 Å². The zero-order chi connectivity index (χ0) is 28.7. The van der Waals surface area contributed by atoms with Gasteiger partial charge in [-0.3, -0.25) is 10.1 Å². The number of hydrogen-bond donors (Lipinski definition) is 2. The Morgan fingerprint density at radius 2 is 1.95 bits per heavy atom. The third-order valence-corrected chi connectivity index (χ3v) is 9.34. The Morgan fingerprint density at radius 1 is 1.18 bits per heavy atom. The summed E-state index contributed by atoms with van der Waals surface area (Å²) >= 11 is 1.23. The number of pyridine rings is 1. The molecule has 0 spiro atoms. The van der Waals surface area contributed by atoms with E-state index in [0.717, 1.165) is 18.9 Å². The van der Waals surface area contributed by atoms with Gasteiger partial charge in [0.1, 0.15) is 22.8 Å². The summed E-state index contributed by atoms with van der Waals surface area (Å²) in [5, 5.41) is 15.5. The van der Waals surface area contributed by atoms with Crippen LogP contribution in [-0.4, -0.2) is 106 Å². The van der Waals surface area contributed by atoms with E-state index in [1.165, 1.54) is 35.6 Å². The van der Waals surface area contributed by atoms with Gasteiger partial charge in [0, 0.05) is 45.3 Å². The van der Waals surface area contributed by atoms with Gasteiger partial charge in [-0.1, -0.05) is 28.6 Å². The number of anilines is 2. The van der Waals surface area contributed by atoms with Crippen molar-refractivity contribution < 1.29 is 27.9 Å². The number of oxime groups is 1. The smallest absolute Gasteiger partial charge is 0.280 e. The van der Waals surface area contributed by atoms with Gasteiger partial charge in [0.15, 0.2) is 20.7 Å². The number of carbonyl (C=O) groups excluding carboxylic acids is 1. The first kappa shape index (κ1) is 29.8. The Bertz CT molecular complexity index is 1440. The van der Waals surface area contributed by atoms with E-state index in [4.69, 9.17) is 14.7 Å². The van der Waals surface area contributed by atoms with Crippen molar-refractivity contribution in [1.82, 2.24) is 14.9 Å². The minimum Gasteiger partial charge on any atom is -0.396 e. The first-order valence-corrected chi connectivity index (χ1v) is 15.2. The number of aromatic nitrogens is 2. The molecule has 0 saturated carbocycles. The number of carbonyl (C=O) groups is 1. The number of nitrogens with zero attached hydrogens (tertiary/aromatic N) is 5. The van der Waals surface area contributed by atoms with Crippen molar-refractivity contribution in [2.75, 3.05) is 70.9 Å². The summed E-state index contributed by atoms with van der Waals surface area (Å²) in [7, 11) is 2.45.